The summed E-state index contributed by atoms with van der Waals surface area (Å²) in [5.74, 6) is 0.336. The fourth-order valence-electron chi connectivity index (χ4n) is 5.43. The van der Waals surface area contributed by atoms with Gasteiger partial charge in [-0.3, -0.25) is 9.59 Å². The van der Waals surface area contributed by atoms with Gasteiger partial charge in [-0.2, -0.15) is 0 Å². The van der Waals surface area contributed by atoms with E-state index in [1.807, 2.05) is 29.3 Å². The molecule has 1 atom stereocenters. The van der Waals surface area contributed by atoms with Crippen molar-refractivity contribution in [1.29, 1.82) is 0 Å². The number of nitrogens with one attached hydrogen (secondary N) is 2. The molecular weight excluding hydrogens is 426 g/mol. The van der Waals surface area contributed by atoms with Crippen molar-refractivity contribution < 1.29 is 9.59 Å². The molecule has 2 N–H and O–H groups in total. The maximum Gasteiger partial charge on any atom is 0.253 e. The summed E-state index contributed by atoms with van der Waals surface area (Å²) in [5, 5.41) is 3.97. The van der Waals surface area contributed by atoms with Crippen LogP contribution in [0.1, 0.15) is 54.9 Å². The Balaban J connectivity index is 1.29. The Morgan fingerprint density at radius 3 is 2.62 bits per heavy atom. The number of aromatic amines is 1. The Morgan fingerprint density at radius 2 is 1.85 bits per heavy atom. The summed E-state index contributed by atoms with van der Waals surface area (Å²) in [6.45, 7) is 5.23. The molecule has 178 valence electrons. The lowest BCUT2D eigenvalue weighted by Gasteiger charge is -2.33. The highest BCUT2D eigenvalue weighted by atomic mass is 16.2. The number of anilines is 2. The molecule has 0 saturated carbocycles. The fraction of sp³-hybridized carbons (Fsp3) is 0.444. The highest BCUT2D eigenvalue weighted by Crippen LogP contribution is 2.30. The maximum absolute atomic E-state index is 13.3. The van der Waals surface area contributed by atoms with E-state index < -0.39 is 0 Å². The van der Waals surface area contributed by atoms with Crippen molar-refractivity contribution in [2.24, 2.45) is 5.92 Å². The summed E-state index contributed by atoms with van der Waals surface area (Å²) in [6.07, 6.45) is 10.2. The number of amides is 2. The van der Waals surface area contributed by atoms with Crippen LogP contribution in [0.5, 0.6) is 0 Å². The number of H-pyrrole nitrogens is 1. The van der Waals surface area contributed by atoms with Crippen molar-refractivity contribution in [3.05, 3.63) is 53.9 Å². The number of carbonyl (C=O) groups is 2. The molecule has 0 spiro atoms. The zero-order valence-corrected chi connectivity index (χ0v) is 19.8. The number of pyridine rings is 1. The zero-order valence-electron chi connectivity index (χ0n) is 19.8. The molecule has 0 radical (unpaired) electrons. The number of rotatable bonds is 5. The van der Waals surface area contributed by atoms with Crippen LogP contribution in [0.3, 0.4) is 0 Å². The lowest BCUT2D eigenvalue weighted by atomic mass is 9.89. The Hall–Kier alpha value is -3.35. The zero-order chi connectivity index (χ0) is 23.5. The first-order valence-corrected chi connectivity index (χ1v) is 12.5. The van der Waals surface area contributed by atoms with E-state index in [9.17, 15) is 9.59 Å². The van der Waals surface area contributed by atoms with Gasteiger partial charge in [0.05, 0.1) is 11.9 Å². The predicted octanol–water partition coefficient (Wildman–Crippen LogP) is 4.61. The van der Waals surface area contributed by atoms with Crippen molar-refractivity contribution in [2.75, 3.05) is 36.4 Å². The van der Waals surface area contributed by atoms with E-state index in [0.717, 1.165) is 73.3 Å². The van der Waals surface area contributed by atoms with Gasteiger partial charge in [0.15, 0.2) is 0 Å². The van der Waals surface area contributed by atoms with Crippen molar-refractivity contribution >= 4 is 34.2 Å². The largest absolute Gasteiger partial charge is 0.372 e. The number of fused-ring (bicyclic) bond motifs is 1. The van der Waals surface area contributed by atoms with Crippen molar-refractivity contribution in [3.63, 3.8) is 0 Å². The quantitative estimate of drug-likeness (QED) is 0.584. The van der Waals surface area contributed by atoms with Gasteiger partial charge in [-0.1, -0.05) is 0 Å². The Kier molecular flexibility index (Phi) is 6.52. The molecular formula is C27H33N5O2. The van der Waals surface area contributed by atoms with Crippen LogP contribution in [0.15, 0.2) is 42.7 Å². The van der Waals surface area contributed by atoms with E-state index in [2.05, 4.69) is 32.3 Å². The lowest BCUT2D eigenvalue weighted by molar-refractivity contribution is -0.114. The molecule has 2 fully saturated rings. The fourth-order valence-corrected chi connectivity index (χ4v) is 5.43. The molecule has 0 aliphatic carbocycles. The van der Waals surface area contributed by atoms with Crippen LogP contribution in [-0.2, 0) is 11.2 Å². The van der Waals surface area contributed by atoms with E-state index in [4.69, 9.17) is 0 Å². The number of nitrogens with zero attached hydrogens (tertiary/aromatic N) is 3. The molecule has 34 heavy (non-hydrogen) atoms. The Morgan fingerprint density at radius 1 is 1.06 bits per heavy atom. The van der Waals surface area contributed by atoms with Crippen LogP contribution in [0, 0.1) is 5.92 Å². The minimum atomic E-state index is -0.105. The van der Waals surface area contributed by atoms with Crippen LogP contribution in [0.2, 0.25) is 0 Å². The van der Waals surface area contributed by atoms with E-state index in [1.54, 1.807) is 6.20 Å². The van der Waals surface area contributed by atoms with Gasteiger partial charge in [0, 0.05) is 55.9 Å². The molecule has 2 aliphatic heterocycles. The highest BCUT2D eigenvalue weighted by Gasteiger charge is 2.26. The predicted molar refractivity (Wildman–Crippen MR) is 135 cm³/mol. The third kappa shape index (κ3) is 4.79. The summed E-state index contributed by atoms with van der Waals surface area (Å²) in [6, 6.07) is 10.2. The summed E-state index contributed by atoms with van der Waals surface area (Å²) in [4.78, 5) is 37.1. The van der Waals surface area contributed by atoms with Gasteiger partial charge in [0.25, 0.3) is 5.91 Å². The van der Waals surface area contributed by atoms with Crippen LogP contribution in [-0.4, -0.2) is 52.9 Å². The molecule has 2 saturated heterocycles. The maximum atomic E-state index is 13.3. The summed E-state index contributed by atoms with van der Waals surface area (Å²) in [5.41, 5.74) is 4.65. The molecule has 2 amide bonds. The second-order valence-corrected chi connectivity index (χ2v) is 9.63. The van der Waals surface area contributed by atoms with Crippen LogP contribution in [0.25, 0.3) is 11.0 Å². The standard InChI is InChI=1S/C27H33N5O2/c1-19(33)30-25-17-29-26-23(11-12-28-26)24(25)16-20-6-5-15-32(18-20)27(34)21-7-9-22(10-8-21)31-13-3-2-4-14-31/h7-12,17,20H,2-6,13-16,18H2,1H3,(H,28,29)(H,30,33)/t20-/m0/s1. The van der Waals surface area contributed by atoms with Gasteiger partial charge in [0.1, 0.15) is 5.65 Å². The third-order valence-electron chi connectivity index (χ3n) is 7.14. The molecule has 2 aliphatic rings. The van der Waals surface area contributed by atoms with Gasteiger partial charge in [-0.25, -0.2) is 4.98 Å². The summed E-state index contributed by atoms with van der Waals surface area (Å²) in [7, 11) is 0. The first-order chi connectivity index (χ1) is 16.6. The van der Waals surface area contributed by atoms with E-state index in [-0.39, 0.29) is 11.8 Å². The topological polar surface area (TPSA) is 81.3 Å². The molecule has 4 heterocycles. The third-order valence-corrected chi connectivity index (χ3v) is 7.14. The van der Waals surface area contributed by atoms with Crippen LogP contribution >= 0.6 is 0 Å². The van der Waals surface area contributed by atoms with E-state index in [1.165, 1.54) is 31.9 Å². The van der Waals surface area contributed by atoms with E-state index >= 15 is 0 Å². The number of benzene rings is 1. The smallest absolute Gasteiger partial charge is 0.253 e. The normalized spacial score (nSPS) is 18.8. The number of carbonyl (C=O) groups excluding carboxylic acids is 2. The van der Waals surface area contributed by atoms with Crippen molar-refractivity contribution in [3.8, 4) is 0 Å². The lowest BCUT2D eigenvalue weighted by Crippen LogP contribution is -2.40. The number of aromatic nitrogens is 2. The Bertz CT molecular complexity index is 1160. The highest BCUT2D eigenvalue weighted by molar-refractivity contribution is 5.95. The van der Waals surface area contributed by atoms with Gasteiger partial charge in [-0.15, -0.1) is 0 Å². The van der Waals surface area contributed by atoms with Crippen molar-refractivity contribution in [1.82, 2.24) is 14.9 Å². The molecule has 0 unspecified atom stereocenters. The summed E-state index contributed by atoms with van der Waals surface area (Å²) >= 11 is 0. The molecule has 2 aromatic heterocycles. The molecule has 7 nitrogen and oxygen atoms in total. The van der Waals surface area contributed by atoms with Crippen molar-refractivity contribution in [2.45, 2.75) is 45.4 Å². The van der Waals surface area contributed by atoms with Crippen LogP contribution < -0.4 is 10.2 Å². The Labute approximate surface area is 200 Å². The minimum absolute atomic E-state index is 0.105. The van der Waals surface area contributed by atoms with Gasteiger partial charge >= 0.3 is 0 Å². The van der Waals surface area contributed by atoms with Crippen LogP contribution in [0.4, 0.5) is 11.4 Å². The molecule has 1 aromatic carbocycles. The first kappa shape index (κ1) is 22.4. The summed E-state index contributed by atoms with van der Waals surface area (Å²) < 4.78 is 0. The number of likely N-dealkylation sites (tertiary alicyclic amines) is 1. The van der Waals surface area contributed by atoms with Gasteiger partial charge in [-0.05, 0) is 80.3 Å². The van der Waals surface area contributed by atoms with Gasteiger partial charge < -0.3 is 20.1 Å². The van der Waals surface area contributed by atoms with E-state index in [0.29, 0.717) is 5.92 Å². The monoisotopic (exact) mass is 459 g/mol. The molecule has 0 bridgehead atoms. The second kappa shape index (κ2) is 9.87. The average Bonchev–Trinajstić information content (AvgIpc) is 3.35. The minimum Gasteiger partial charge on any atom is -0.372 e. The molecule has 7 heteroatoms. The molecule has 3 aromatic rings. The second-order valence-electron chi connectivity index (χ2n) is 9.63. The average molecular weight is 460 g/mol. The SMILES string of the molecule is CC(=O)Nc1cnc2[nH]ccc2c1C[C@@H]1CCCN(C(=O)c2ccc(N3CCCCC3)cc2)C1. The molecule has 5 rings (SSSR count). The number of piperidine rings is 2. The van der Waals surface area contributed by atoms with Gasteiger partial charge in [0.2, 0.25) is 5.91 Å². The number of hydrogen-bond donors (Lipinski definition) is 2. The number of hydrogen-bond acceptors (Lipinski definition) is 4. The first-order valence-electron chi connectivity index (χ1n) is 12.5.